The van der Waals surface area contributed by atoms with Crippen LogP contribution in [0.3, 0.4) is 0 Å². The Morgan fingerprint density at radius 2 is 1.90 bits per heavy atom. The molecular weight excluding hydrogens is 383 g/mol. The fraction of sp³-hybridized carbons (Fsp3) is 0.458. The van der Waals surface area contributed by atoms with Gasteiger partial charge >= 0.3 is 0 Å². The summed E-state index contributed by atoms with van der Waals surface area (Å²) in [7, 11) is 0. The van der Waals surface area contributed by atoms with Crippen molar-refractivity contribution in [2.24, 2.45) is 0 Å². The summed E-state index contributed by atoms with van der Waals surface area (Å²) in [6.07, 6.45) is 2.15. The minimum absolute atomic E-state index is 0.0419. The predicted octanol–water partition coefficient (Wildman–Crippen LogP) is 3.14. The summed E-state index contributed by atoms with van der Waals surface area (Å²) in [5.41, 5.74) is 2.69. The number of fused-ring (bicyclic) bond motifs is 1. The van der Waals surface area contributed by atoms with Gasteiger partial charge in [0.2, 0.25) is 5.91 Å². The van der Waals surface area contributed by atoms with E-state index in [0.717, 1.165) is 41.8 Å². The average molecular weight is 413 g/mol. The van der Waals surface area contributed by atoms with E-state index < -0.39 is 11.7 Å². The molecule has 2 aliphatic rings. The number of nitrogens with zero attached hydrogens (tertiary/aromatic N) is 2. The Labute approximate surface area is 176 Å². The molecule has 6 heteroatoms. The van der Waals surface area contributed by atoms with Gasteiger partial charge in [-0.15, -0.1) is 0 Å². The van der Waals surface area contributed by atoms with Crippen molar-refractivity contribution in [2.75, 3.05) is 31.1 Å². The molecule has 2 heterocycles. The number of β-amino-alcohol motifs (C(OH)–C–C–N with tert-alkyl or cyclic N) is 1. The van der Waals surface area contributed by atoms with Crippen LogP contribution >= 0.6 is 0 Å². The molecule has 0 aliphatic carbocycles. The van der Waals surface area contributed by atoms with Crippen molar-refractivity contribution >= 4 is 11.6 Å². The van der Waals surface area contributed by atoms with Crippen molar-refractivity contribution in [1.82, 2.24) is 4.90 Å². The average Bonchev–Trinajstić information content (AvgIpc) is 3.06. The van der Waals surface area contributed by atoms with Crippen molar-refractivity contribution in [2.45, 2.75) is 44.3 Å². The SMILES string of the molecule is CC(=O)N1CCc2cc(C(O)CN3CCCC(O)(c4ccc(F)cc4)CC3)ccc21. The van der Waals surface area contributed by atoms with Crippen molar-refractivity contribution in [3.05, 3.63) is 65.0 Å². The first-order valence-corrected chi connectivity index (χ1v) is 10.7. The Hall–Kier alpha value is -2.28. The van der Waals surface area contributed by atoms with Crippen LogP contribution in [0, 0.1) is 5.82 Å². The molecule has 30 heavy (non-hydrogen) atoms. The van der Waals surface area contributed by atoms with E-state index in [-0.39, 0.29) is 11.7 Å². The number of hydrogen-bond acceptors (Lipinski definition) is 4. The van der Waals surface area contributed by atoms with Crippen LogP contribution in [0.2, 0.25) is 0 Å². The Bertz CT molecular complexity index is 917. The summed E-state index contributed by atoms with van der Waals surface area (Å²) in [5.74, 6) is -0.262. The lowest BCUT2D eigenvalue weighted by Gasteiger charge is -2.28. The Morgan fingerprint density at radius 1 is 1.13 bits per heavy atom. The van der Waals surface area contributed by atoms with Crippen molar-refractivity contribution < 1.29 is 19.4 Å². The highest BCUT2D eigenvalue weighted by Crippen LogP contribution is 2.34. The zero-order chi connectivity index (χ0) is 21.3. The van der Waals surface area contributed by atoms with E-state index >= 15 is 0 Å². The highest BCUT2D eigenvalue weighted by Gasteiger charge is 2.32. The number of halogens is 1. The smallest absolute Gasteiger partial charge is 0.223 e. The summed E-state index contributed by atoms with van der Waals surface area (Å²) < 4.78 is 13.2. The molecule has 2 atom stereocenters. The second-order valence-corrected chi connectivity index (χ2v) is 8.52. The monoisotopic (exact) mass is 412 g/mol. The minimum atomic E-state index is -0.961. The Balaban J connectivity index is 1.40. The lowest BCUT2D eigenvalue weighted by Crippen LogP contribution is -2.32. The molecule has 1 fully saturated rings. The summed E-state index contributed by atoms with van der Waals surface area (Å²) in [6, 6.07) is 11.9. The molecule has 2 aromatic rings. The van der Waals surface area contributed by atoms with Crippen LogP contribution in [-0.4, -0.2) is 47.2 Å². The van der Waals surface area contributed by atoms with Gasteiger partial charge in [-0.3, -0.25) is 4.79 Å². The molecule has 2 aromatic carbocycles. The molecule has 4 rings (SSSR count). The molecule has 0 bridgehead atoms. The maximum atomic E-state index is 13.2. The van der Waals surface area contributed by atoms with Gasteiger partial charge in [0, 0.05) is 32.2 Å². The zero-order valence-corrected chi connectivity index (χ0v) is 17.4. The van der Waals surface area contributed by atoms with E-state index in [4.69, 9.17) is 0 Å². The molecule has 5 nitrogen and oxygen atoms in total. The Kier molecular flexibility index (Phi) is 5.91. The number of benzene rings is 2. The second-order valence-electron chi connectivity index (χ2n) is 8.52. The van der Waals surface area contributed by atoms with Gasteiger partial charge in [0.1, 0.15) is 5.82 Å². The molecule has 0 aromatic heterocycles. The van der Waals surface area contributed by atoms with Crippen molar-refractivity contribution in [1.29, 1.82) is 0 Å². The van der Waals surface area contributed by atoms with E-state index in [2.05, 4.69) is 4.90 Å². The number of carbonyl (C=O) groups excluding carboxylic acids is 1. The molecule has 2 N–H and O–H groups in total. The van der Waals surface area contributed by atoms with Gasteiger partial charge in [0.05, 0.1) is 11.7 Å². The van der Waals surface area contributed by atoms with E-state index in [1.165, 1.54) is 12.1 Å². The third-order valence-electron chi connectivity index (χ3n) is 6.48. The van der Waals surface area contributed by atoms with Crippen LogP contribution in [0.15, 0.2) is 42.5 Å². The lowest BCUT2D eigenvalue weighted by molar-refractivity contribution is -0.116. The van der Waals surface area contributed by atoms with Crippen molar-refractivity contribution in [3.63, 3.8) is 0 Å². The molecule has 160 valence electrons. The second kappa shape index (κ2) is 8.46. The highest BCUT2D eigenvalue weighted by molar-refractivity contribution is 5.93. The van der Waals surface area contributed by atoms with Crippen LogP contribution in [0.4, 0.5) is 10.1 Å². The third-order valence-corrected chi connectivity index (χ3v) is 6.48. The van der Waals surface area contributed by atoms with E-state index in [9.17, 15) is 19.4 Å². The normalized spacial score (nSPS) is 23.1. The summed E-state index contributed by atoms with van der Waals surface area (Å²) in [6.45, 7) is 4.22. The number of rotatable bonds is 4. The lowest BCUT2D eigenvalue weighted by atomic mass is 9.87. The molecule has 0 saturated carbocycles. The predicted molar refractivity (Wildman–Crippen MR) is 114 cm³/mol. The molecule has 2 aliphatic heterocycles. The molecular formula is C24H29FN2O3. The number of carbonyl (C=O) groups is 1. The summed E-state index contributed by atoms with van der Waals surface area (Å²) in [5, 5.41) is 21.9. The van der Waals surface area contributed by atoms with Gasteiger partial charge in [-0.25, -0.2) is 4.39 Å². The first-order chi connectivity index (χ1) is 14.4. The number of likely N-dealkylation sites (tertiary alicyclic amines) is 1. The van der Waals surface area contributed by atoms with Crippen LogP contribution in [0.25, 0.3) is 0 Å². The van der Waals surface area contributed by atoms with Crippen LogP contribution in [-0.2, 0) is 16.8 Å². The van der Waals surface area contributed by atoms with Crippen LogP contribution in [0.1, 0.15) is 49.0 Å². The fourth-order valence-corrected chi connectivity index (χ4v) is 4.71. The first-order valence-electron chi connectivity index (χ1n) is 10.7. The van der Waals surface area contributed by atoms with Crippen LogP contribution < -0.4 is 4.90 Å². The van der Waals surface area contributed by atoms with Crippen molar-refractivity contribution in [3.8, 4) is 0 Å². The fourth-order valence-electron chi connectivity index (χ4n) is 4.71. The minimum Gasteiger partial charge on any atom is -0.387 e. The van der Waals surface area contributed by atoms with Gasteiger partial charge in [-0.05, 0) is 67.1 Å². The largest absolute Gasteiger partial charge is 0.387 e. The van der Waals surface area contributed by atoms with Gasteiger partial charge in [0.15, 0.2) is 0 Å². The molecule has 1 saturated heterocycles. The third kappa shape index (κ3) is 4.26. The number of anilines is 1. The van der Waals surface area contributed by atoms with Gasteiger partial charge in [-0.1, -0.05) is 24.3 Å². The maximum absolute atomic E-state index is 13.2. The number of aliphatic hydroxyl groups excluding tert-OH is 1. The van der Waals surface area contributed by atoms with E-state index in [1.807, 2.05) is 18.2 Å². The number of amides is 1. The zero-order valence-electron chi connectivity index (χ0n) is 17.4. The Morgan fingerprint density at radius 3 is 2.63 bits per heavy atom. The summed E-state index contributed by atoms with van der Waals surface area (Å²) in [4.78, 5) is 15.7. The van der Waals surface area contributed by atoms with Gasteiger partial charge in [0.25, 0.3) is 0 Å². The van der Waals surface area contributed by atoms with Crippen LogP contribution in [0.5, 0.6) is 0 Å². The molecule has 0 spiro atoms. The standard InChI is InChI=1S/C24H29FN2O3/c1-17(28)27-13-9-18-15-19(3-8-22(18)27)23(29)16-26-12-2-10-24(30,11-14-26)20-4-6-21(25)7-5-20/h3-8,15,23,29-30H,2,9-14,16H2,1H3. The summed E-state index contributed by atoms with van der Waals surface area (Å²) >= 11 is 0. The van der Waals surface area contributed by atoms with Gasteiger partial charge in [-0.2, -0.15) is 0 Å². The molecule has 2 unspecified atom stereocenters. The first kappa shape index (κ1) is 21.0. The number of aliphatic hydroxyl groups is 2. The van der Waals surface area contributed by atoms with E-state index in [1.54, 1.807) is 24.0 Å². The quantitative estimate of drug-likeness (QED) is 0.810. The molecule has 0 radical (unpaired) electrons. The van der Waals surface area contributed by atoms with Gasteiger partial charge < -0.3 is 20.0 Å². The topological polar surface area (TPSA) is 64.0 Å². The van der Waals surface area contributed by atoms with E-state index in [0.29, 0.717) is 32.5 Å². The highest BCUT2D eigenvalue weighted by atomic mass is 19.1. The number of hydrogen-bond donors (Lipinski definition) is 2. The molecule has 1 amide bonds. The maximum Gasteiger partial charge on any atom is 0.223 e.